The number of aryl methyl sites for hydroxylation is 1. The quantitative estimate of drug-likeness (QED) is 0.438. The molecule has 4 aromatic rings. The minimum atomic E-state index is -0.456. The van der Waals surface area contributed by atoms with Crippen molar-refractivity contribution in [3.63, 3.8) is 0 Å². The maximum atomic E-state index is 13.2. The van der Waals surface area contributed by atoms with E-state index in [0.717, 1.165) is 33.4 Å². The number of amides is 2. The fourth-order valence-electron chi connectivity index (χ4n) is 3.29. The number of ether oxygens (including phenoxy) is 1. The van der Waals surface area contributed by atoms with Crippen molar-refractivity contribution in [1.29, 1.82) is 0 Å². The molecule has 1 aromatic carbocycles. The average Bonchev–Trinajstić information content (AvgIpc) is 3.17. The molecule has 3 N–H and O–H groups in total. The number of halogens is 1. The molecule has 0 aliphatic heterocycles. The highest BCUT2D eigenvalue weighted by Gasteiger charge is 2.16. The van der Waals surface area contributed by atoms with Crippen LogP contribution in [0.1, 0.15) is 17.3 Å². The van der Waals surface area contributed by atoms with Gasteiger partial charge in [-0.25, -0.2) is 14.2 Å². The Balaban J connectivity index is 1.50. The summed E-state index contributed by atoms with van der Waals surface area (Å²) >= 11 is 0. The van der Waals surface area contributed by atoms with Crippen molar-refractivity contribution in [1.82, 2.24) is 25.5 Å². The number of aromatic amines is 1. The molecule has 0 aliphatic rings. The zero-order valence-corrected chi connectivity index (χ0v) is 17.0. The molecule has 31 heavy (non-hydrogen) atoms. The van der Waals surface area contributed by atoms with Crippen LogP contribution in [0.3, 0.4) is 0 Å². The topological polar surface area (TPSA) is 105 Å². The predicted octanol–water partition coefficient (Wildman–Crippen LogP) is 3.98. The zero-order valence-electron chi connectivity index (χ0n) is 17.0. The third-order valence-electron chi connectivity index (χ3n) is 4.77. The minimum Gasteiger partial charge on any atom is -0.382 e. The van der Waals surface area contributed by atoms with E-state index in [1.807, 2.05) is 19.1 Å². The monoisotopic (exact) mass is 420 g/mol. The van der Waals surface area contributed by atoms with E-state index >= 15 is 0 Å². The lowest BCUT2D eigenvalue weighted by Gasteiger charge is -2.18. The molecule has 0 aliphatic carbocycles. The van der Waals surface area contributed by atoms with Crippen molar-refractivity contribution < 1.29 is 13.9 Å². The van der Waals surface area contributed by atoms with Gasteiger partial charge in [0.2, 0.25) is 0 Å². The molecule has 9 heteroatoms. The molecule has 1 atom stereocenters. The van der Waals surface area contributed by atoms with Gasteiger partial charge in [0.25, 0.3) is 0 Å². The maximum Gasteiger partial charge on any atom is 0.320 e. The minimum absolute atomic E-state index is 0.237. The van der Waals surface area contributed by atoms with Gasteiger partial charge < -0.3 is 10.1 Å². The Morgan fingerprint density at radius 2 is 2.00 bits per heavy atom. The van der Waals surface area contributed by atoms with E-state index in [-0.39, 0.29) is 12.4 Å². The van der Waals surface area contributed by atoms with E-state index in [1.54, 1.807) is 30.6 Å². The van der Waals surface area contributed by atoms with Crippen molar-refractivity contribution in [3.05, 3.63) is 71.9 Å². The number of nitrogens with one attached hydrogen (secondary N) is 3. The fraction of sp³-hybridized carbons (Fsp3) is 0.182. The van der Waals surface area contributed by atoms with E-state index in [1.165, 1.54) is 19.2 Å². The van der Waals surface area contributed by atoms with E-state index in [2.05, 4.69) is 30.8 Å². The second-order valence-corrected chi connectivity index (χ2v) is 7.03. The van der Waals surface area contributed by atoms with Crippen molar-refractivity contribution >= 4 is 22.8 Å². The molecule has 0 spiro atoms. The lowest BCUT2D eigenvalue weighted by Crippen LogP contribution is -2.35. The molecule has 3 heterocycles. The van der Waals surface area contributed by atoms with Crippen LogP contribution in [0.2, 0.25) is 0 Å². The van der Waals surface area contributed by atoms with E-state index < -0.39 is 12.1 Å². The summed E-state index contributed by atoms with van der Waals surface area (Å²) in [6, 6.07) is 10.5. The Kier molecular flexibility index (Phi) is 5.85. The number of fused-ring (bicyclic) bond motifs is 1. The number of anilines is 1. The van der Waals surface area contributed by atoms with Crippen LogP contribution in [0.5, 0.6) is 0 Å². The van der Waals surface area contributed by atoms with Gasteiger partial charge in [0.05, 0.1) is 18.2 Å². The highest BCUT2D eigenvalue weighted by Crippen LogP contribution is 2.27. The third kappa shape index (κ3) is 4.67. The van der Waals surface area contributed by atoms with Gasteiger partial charge in [0.15, 0.2) is 0 Å². The molecule has 0 unspecified atom stereocenters. The van der Waals surface area contributed by atoms with Crippen LogP contribution in [0.25, 0.3) is 22.2 Å². The molecule has 2 amide bonds. The number of pyridine rings is 2. The number of carbonyl (C=O) groups is 1. The fourth-order valence-corrected chi connectivity index (χ4v) is 3.29. The number of nitrogens with zero attached hydrogens (tertiary/aromatic N) is 3. The first-order chi connectivity index (χ1) is 15.0. The standard InChI is InChI=1S/C22H21FN6O2/c1-13-9-15(7-8-24-13)21-17-11-25-20(10-18(17)28-29-21)27-22(30)26-19(12-31-2)14-3-5-16(23)6-4-14/h3-11,19H,12H2,1-2H3,(H,28,29)(H2,25,26,27,30)/t19-/m0/s1. The van der Waals surface area contributed by atoms with Gasteiger partial charge >= 0.3 is 6.03 Å². The second kappa shape index (κ2) is 8.88. The van der Waals surface area contributed by atoms with E-state index in [9.17, 15) is 9.18 Å². The summed E-state index contributed by atoms with van der Waals surface area (Å²) in [6.45, 7) is 2.15. The number of methoxy groups -OCH3 is 1. The van der Waals surface area contributed by atoms with Crippen LogP contribution < -0.4 is 10.6 Å². The SMILES string of the molecule is COC[C@H](NC(=O)Nc1cc2[nH]nc(-c3ccnc(C)c3)c2cn1)c1ccc(F)cc1. The van der Waals surface area contributed by atoms with Gasteiger partial charge in [-0.05, 0) is 36.8 Å². The first-order valence-electron chi connectivity index (χ1n) is 9.62. The Hall–Kier alpha value is -3.85. The molecular formula is C22H21FN6O2. The molecule has 0 fully saturated rings. The Morgan fingerprint density at radius 1 is 1.19 bits per heavy atom. The summed E-state index contributed by atoms with van der Waals surface area (Å²) in [5, 5.41) is 13.7. The summed E-state index contributed by atoms with van der Waals surface area (Å²) < 4.78 is 18.4. The molecule has 0 saturated carbocycles. The first kappa shape index (κ1) is 20.4. The van der Waals surface area contributed by atoms with E-state index in [4.69, 9.17) is 4.74 Å². The van der Waals surface area contributed by atoms with Crippen molar-refractivity contribution in [2.75, 3.05) is 19.0 Å². The Labute approximate surface area is 177 Å². The number of urea groups is 1. The van der Waals surface area contributed by atoms with Crippen LogP contribution >= 0.6 is 0 Å². The number of hydrogen-bond acceptors (Lipinski definition) is 5. The predicted molar refractivity (Wildman–Crippen MR) is 115 cm³/mol. The lowest BCUT2D eigenvalue weighted by molar-refractivity contribution is 0.168. The first-order valence-corrected chi connectivity index (χ1v) is 9.62. The largest absolute Gasteiger partial charge is 0.382 e. The van der Waals surface area contributed by atoms with Gasteiger partial charge in [-0.1, -0.05) is 12.1 Å². The molecule has 158 valence electrons. The maximum absolute atomic E-state index is 13.2. The highest BCUT2D eigenvalue weighted by molar-refractivity contribution is 5.95. The summed E-state index contributed by atoms with van der Waals surface area (Å²) in [5.74, 6) is 0.0177. The number of hydrogen-bond donors (Lipinski definition) is 3. The smallest absolute Gasteiger partial charge is 0.320 e. The highest BCUT2D eigenvalue weighted by atomic mass is 19.1. The summed E-state index contributed by atoms with van der Waals surface area (Å²) in [5.41, 5.74) is 4.05. The third-order valence-corrected chi connectivity index (χ3v) is 4.77. The number of carbonyl (C=O) groups excluding carboxylic acids is 1. The van der Waals surface area contributed by atoms with Crippen molar-refractivity contribution in [2.45, 2.75) is 13.0 Å². The van der Waals surface area contributed by atoms with Gasteiger partial charge in [-0.15, -0.1) is 0 Å². The van der Waals surface area contributed by atoms with Crippen molar-refractivity contribution in [2.24, 2.45) is 0 Å². The van der Waals surface area contributed by atoms with Crippen molar-refractivity contribution in [3.8, 4) is 11.3 Å². The number of aromatic nitrogens is 4. The van der Waals surface area contributed by atoms with Crippen LogP contribution in [-0.4, -0.2) is 39.9 Å². The molecule has 0 bridgehead atoms. The van der Waals surface area contributed by atoms with Gasteiger partial charge in [0, 0.05) is 42.2 Å². The number of benzene rings is 1. The summed E-state index contributed by atoms with van der Waals surface area (Å²) in [4.78, 5) is 21.1. The summed E-state index contributed by atoms with van der Waals surface area (Å²) in [6.07, 6.45) is 3.39. The van der Waals surface area contributed by atoms with Crippen LogP contribution in [0.15, 0.2) is 54.9 Å². The molecular weight excluding hydrogens is 399 g/mol. The van der Waals surface area contributed by atoms with Gasteiger partial charge in [-0.2, -0.15) is 5.10 Å². The van der Waals surface area contributed by atoms with Crippen LogP contribution in [-0.2, 0) is 4.74 Å². The number of rotatable bonds is 6. The van der Waals surface area contributed by atoms with Crippen LogP contribution in [0, 0.1) is 12.7 Å². The van der Waals surface area contributed by atoms with Gasteiger partial charge in [-0.3, -0.25) is 15.4 Å². The Morgan fingerprint density at radius 3 is 2.74 bits per heavy atom. The summed E-state index contributed by atoms with van der Waals surface area (Å²) in [7, 11) is 1.53. The second-order valence-electron chi connectivity index (χ2n) is 7.03. The Bertz CT molecular complexity index is 1210. The molecule has 8 nitrogen and oxygen atoms in total. The molecule has 0 saturated heterocycles. The average molecular weight is 420 g/mol. The molecule has 4 rings (SSSR count). The van der Waals surface area contributed by atoms with E-state index in [0.29, 0.717) is 5.82 Å². The van der Waals surface area contributed by atoms with Gasteiger partial charge in [0.1, 0.15) is 17.3 Å². The molecule has 0 radical (unpaired) electrons. The number of H-pyrrole nitrogens is 1. The zero-order chi connectivity index (χ0) is 21.8. The normalized spacial score (nSPS) is 12.0. The van der Waals surface area contributed by atoms with Crippen LogP contribution in [0.4, 0.5) is 15.0 Å². The lowest BCUT2D eigenvalue weighted by atomic mass is 10.1. The molecule has 3 aromatic heterocycles.